The Morgan fingerprint density at radius 1 is 1.33 bits per heavy atom. The van der Waals surface area contributed by atoms with Crippen molar-refractivity contribution < 1.29 is 9.53 Å². The largest absolute Gasteiger partial charge is 0.465 e. The van der Waals surface area contributed by atoms with Gasteiger partial charge in [0.15, 0.2) is 5.82 Å². The van der Waals surface area contributed by atoms with Crippen LogP contribution in [-0.2, 0) is 16.1 Å². The molecule has 0 bridgehead atoms. The van der Waals surface area contributed by atoms with E-state index in [1.807, 2.05) is 16.7 Å². The molecule has 0 aliphatic carbocycles. The van der Waals surface area contributed by atoms with Crippen LogP contribution in [0.2, 0.25) is 5.02 Å². The van der Waals surface area contributed by atoms with Crippen LogP contribution in [0.15, 0.2) is 30.6 Å². The predicted octanol–water partition coefficient (Wildman–Crippen LogP) is 3.04. The summed E-state index contributed by atoms with van der Waals surface area (Å²) in [5.74, 6) is -0.320. The van der Waals surface area contributed by atoms with Gasteiger partial charge in [0.1, 0.15) is 12.2 Å². The molecule has 0 amide bonds. The molecule has 0 radical (unpaired) electrons. The molecule has 1 aromatic heterocycles. The van der Waals surface area contributed by atoms with Gasteiger partial charge < -0.3 is 9.30 Å². The van der Waals surface area contributed by atoms with E-state index in [1.165, 1.54) is 0 Å². The third kappa shape index (κ3) is 3.61. The first kappa shape index (κ1) is 15.5. The van der Waals surface area contributed by atoms with Crippen LogP contribution in [0.5, 0.6) is 0 Å². The molecule has 5 nitrogen and oxygen atoms in total. The van der Waals surface area contributed by atoms with E-state index >= 15 is 0 Å². The molecule has 0 spiro atoms. The fourth-order valence-corrected chi connectivity index (χ4v) is 2.30. The van der Waals surface area contributed by atoms with Crippen LogP contribution in [0.4, 0.5) is 0 Å². The van der Waals surface area contributed by atoms with Crippen LogP contribution in [-0.4, -0.2) is 27.3 Å². The van der Waals surface area contributed by atoms with Gasteiger partial charge in [-0.3, -0.25) is 4.79 Å². The first-order chi connectivity index (χ1) is 10.2. The highest BCUT2D eigenvalue weighted by Crippen LogP contribution is 2.26. The average molecular weight is 308 g/mol. The van der Waals surface area contributed by atoms with E-state index in [4.69, 9.17) is 16.3 Å². The lowest BCUT2D eigenvalue weighted by atomic mass is 9.98. The molecule has 0 saturated carbocycles. The van der Waals surface area contributed by atoms with Gasteiger partial charge in [0.2, 0.25) is 0 Å². The molecule has 2 rings (SSSR count). The first-order valence-electron chi connectivity index (χ1n) is 6.97. The number of carbonyl (C=O) groups is 1. The zero-order chi connectivity index (χ0) is 15.2. The molecule has 1 aromatic carbocycles. The van der Waals surface area contributed by atoms with Crippen molar-refractivity contribution in [1.29, 1.82) is 0 Å². The van der Waals surface area contributed by atoms with E-state index in [2.05, 4.69) is 17.1 Å². The monoisotopic (exact) mass is 307 g/mol. The van der Waals surface area contributed by atoms with Gasteiger partial charge in [-0.25, -0.2) is 0 Å². The van der Waals surface area contributed by atoms with Crippen LogP contribution in [0.1, 0.15) is 37.6 Å². The van der Waals surface area contributed by atoms with Crippen molar-refractivity contribution in [1.82, 2.24) is 14.8 Å². The lowest BCUT2D eigenvalue weighted by molar-refractivity contribution is -0.144. The maximum absolute atomic E-state index is 12.3. The minimum Gasteiger partial charge on any atom is -0.465 e. The highest BCUT2D eigenvalue weighted by Gasteiger charge is 2.28. The maximum atomic E-state index is 12.3. The summed E-state index contributed by atoms with van der Waals surface area (Å²) in [5, 5.41) is 8.66. The Morgan fingerprint density at radius 2 is 2.05 bits per heavy atom. The minimum atomic E-state index is -0.587. The Balaban J connectivity index is 2.42. The Hall–Kier alpha value is -1.88. The molecule has 0 saturated heterocycles. The molecule has 1 heterocycles. The van der Waals surface area contributed by atoms with Crippen LogP contribution < -0.4 is 0 Å². The Bertz CT molecular complexity index is 595. The van der Waals surface area contributed by atoms with E-state index in [0.29, 0.717) is 17.5 Å². The third-order valence-electron chi connectivity index (χ3n) is 3.09. The van der Waals surface area contributed by atoms with Crippen LogP contribution in [0, 0.1) is 0 Å². The molecule has 6 heteroatoms. The van der Waals surface area contributed by atoms with E-state index in [1.54, 1.807) is 25.4 Å². The molecule has 0 fully saturated rings. The van der Waals surface area contributed by atoms with Crippen LogP contribution in [0.3, 0.4) is 0 Å². The highest BCUT2D eigenvalue weighted by molar-refractivity contribution is 6.30. The van der Waals surface area contributed by atoms with E-state index in [0.717, 1.165) is 18.5 Å². The van der Waals surface area contributed by atoms with Crippen molar-refractivity contribution in [2.45, 2.75) is 32.7 Å². The Labute approximate surface area is 128 Å². The number of esters is 1. The lowest BCUT2D eigenvalue weighted by Crippen LogP contribution is -2.21. The molecule has 0 aliphatic rings. The summed E-state index contributed by atoms with van der Waals surface area (Å²) in [6, 6.07) is 7.14. The molecule has 2 aromatic rings. The number of benzene rings is 1. The Kier molecular flexibility index (Phi) is 5.33. The SMILES string of the molecule is CCCn1cnnc1C(C(=O)OCC)c1ccc(Cl)cc1. The topological polar surface area (TPSA) is 57.0 Å². The van der Waals surface area contributed by atoms with Crippen molar-refractivity contribution in [3.05, 3.63) is 47.0 Å². The van der Waals surface area contributed by atoms with Crippen LogP contribution >= 0.6 is 11.6 Å². The number of hydrogen-bond acceptors (Lipinski definition) is 4. The predicted molar refractivity (Wildman–Crippen MR) is 80.2 cm³/mol. The molecule has 0 aliphatic heterocycles. The van der Waals surface area contributed by atoms with Crippen LogP contribution in [0.25, 0.3) is 0 Å². The molecular weight excluding hydrogens is 290 g/mol. The second-order valence-electron chi connectivity index (χ2n) is 4.62. The molecule has 112 valence electrons. The van der Waals surface area contributed by atoms with Crippen molar-refractivity contribution >= 4 is 17.6 Å². The molecule has 21 heavy (non-hydrogen) atoms. The summed E-state index contributed by atoms with van der Waals surface area (Å²) in [6.45, 7) is 4.93. The van der Waals surface area contributed by atoms with E-state index in [9.17, 15) is 4.79 Å². The molecule has 0 N–H and O–H groups in total. The number of nitrogens with zero attached hydrogens (tertiary/aromatic N) is 3. The van der Waals surface area contributed by atoms with Gasteiger partial charge in [0.25, 0.3) is 0 Å². The summed E-state index contributed by atoms with van der Waals surface area (Å²) in [6.07, 6.45) is 2.57. The van der Waals surface area contributed by atoms with Gasteiger partial charge in [-0.2, -0.15) is 0 Å². The maximum Gasteiger partial charge on any atom is 0.321 e. The van der Waals surface area contributed by atoms with Gasteiger partial charge in [-0.05, 0) is 31.0 Å². The van der Waals surface area contributed by atoms with Crippen molar-refractivity contribution in [3.8, 4) is 0 Å². The summed E-state index contributed by atoms with van der Waals surface area (Å²) in [7, 11) is 0. The van der Waals surface area contributed by atoms with Gasteiger partial charge in [0.05, 0.1) is 6.61 Å². The molecular formula is C15H18ClN3O2. The number of carbonyl (C=O) groups excluding carboxylic acids is 1. The first-order valence-corrected chi connectivity index (χ1v) is 7.35. The van der Waals surface area contributed by atoms with Gasteiger partial charge in [-0.15, -0.1) is 10.2 Å². The quantitative estimate of drug-likeness (QED) is 0.770. The van der Waals surface area contributed by atoms with Crippen molar-refractivity contribution in [3.63, 3.8) is 0 Å². The highest BCUT2D eigenvalue weighted by atomic mass is 35.5. The average Bonchev–Trinajstić information content (AvgIpc) is 2.90. The summed E-state index contributed by atoms with van der Waals surface area (Å²) in [5.41, 5.74) is 0.795. The smallest absolute Gasteiger partial charge is 0.321 e. The number of aryl methyl sites for hydroxylation is 1. The molecule has 1 unspecified atom stereocenters. The number of ether oxygens (including phenoxy) is 1. The normalized spacial score (nSPS) is 12.1. The van der Waals surface area contributed by atoms with Gasteiger partial charge in [0, 0.05) is 11.6 Å². The minimum absolute atomic E-state index is 0.324. The van der Waals surface area contributed by atoms with Crippen molar-refractivity contribution in [2.75, 3.05) is 6.61 Å². The number of halogens is 1. The fourth-order valence-electron chi connectivity index (χ4n) is 2.17. The summed E-state index contributed by atoms with van der Waals surface area (Å²) in [4.78, 5) is 12.3. The molecule has 1 atom stereocenters. The van der Waals surface area contributed by atoms with Gasteiger partial charge >= 0.3 is 5.97 Å². The van der Waals surface area contributed by atoms with E-state index in [-0.39, 0.29) is 5.97 Å². The number of aromatic nitrogens is 3. The fraction of sp³-hybridized carbons (Fsp3) is 0.400. The standard InChI is InChI=1S/C15H18ClN3O2/c1-3-9-19-10-17-18-14(19)13(15(20)21-4-2)11-5-7-12(16)8-6-11/h5-8,10,13H,3-4,9H2,1-2H3. The zero-order valence-electron chi connectivity index (χ0n) is 12.1. The zero-order valence-corrected chi connectivity index (χ0v) is 12.9. The lowest BCUT2D eigenvalue weighted by Gasteiger charge is -2.16. The third-order valence-corrected chi connectivity index (χ3v) is 3.35. The Morgan fingerprint density at radius 3 is 2.67 bits per heavy atom. The summed E-state index contributed by atoms with van der Waals surface area (Å²) < 4.78 is 7.08. The van der Waals surface area contributed by atoms with Gasteiger partial charge in [-0.1, -0.05) is 30.7 Å². The van der Waals surface area contributed by atoms with Crippen molar-refractivity contribution in [2.24, 2.45) is 0 Å². The summed E-state index contributed by atoms with van der Waals surface area (Å²) >= 11 is 5.91. The number of rotatable bonds is 6. The van der Waals surface area contributed by atoms with E-state index < -0.39 is 5.92 Å². The second kappa shape index (κ2) is 7.22. The number of hydrogen-bond donors (Lipinski definition) is 0. The second-order valence-corrected chi connectivity index (χ2v) is 5.06.